The average Bonchev–Trinajstić information content (AvgIpc) is 3.27. The number of hydrogen-bond donors (Lipinski definition) is 0. The molecular formula is C25H32N6O2. The fourth-order valence-corrected chi connectivity index (χ4v) is 5.26. The molecule has 0 radical (unpaired) electrons. The van der Waals surface area contributed by atoms with Crippen molar-refractivity contribution in [2.24, 2.45) is 7.05 Å². The molecule has 4 heterocycles. The van der Waals surface area contributed by atoms with Crippen LogP contribution in [-0.4, -0.2) is 47.6 Å². The summed E-state index contributed by atoms with van der Waals surface area (Å²) in [6.07, 6.45) is 3.62. The molecule has 1 aliphatic rings. The van der Waals surface area contributed by atoms with Crippen LogP contribution in [0.4, 0.5) is 0 Å². The van der Waals surface area contributed by atoms with Gasteiger partial charge in [0.1, 0.15) is 0 Å². The van der Waals surface area contributed by atoms with E-state index in [-0.39, 0.29) is 11.2 Å². The Balaban J connectivity index is 1.72. The molecule has 1 fully saturated rings. The third-order valence-electron chi connectivity index (χ3n) is 7.07. The molecule has 4 aromatic rings. The van der Waals surface area contributed by atoms with Crippen LogP contribution in [0.2, 0.25) is 0 Å². The predicted octanol–water partition coefficient (Wildman–Crippen LogP) is 2.86. The van der Waals surface area contributed by atoms with Gasteiger partial charge in [-0.1, -0.05) is 12.5 Å². The Kier molecular flexibility index (Phi) is 5.28. The summed E-state index contributed by atoms with van der Waals surface area (Å²) in [5.41, 5.74) is 5.63. The second-order valence-electron chi connectivity index (χ2n) is 9.47. The van der Waals surface area contributed by atoms with Crippen LogP contribution in [0.15, 0.2) is 27.8 Å². The number of aromatic nitrogens is 5. The largest absolute Gasteiger partial charge is 0.332 e. The minimum Gasteiger partial charge on any atom is -0.302 e. The highest BCUT2D eigenvalue weighted by Gasteiger charge is 2.23. The zero-order valence-electron chi connectivity index (χ0n) is 20.2. The third kappa shape index (κ3) is 3.44. The Hall–Kier alpha value is -3.13. The van der Waals surface area contributed by atoms with Crippen molar-refractivity contribution in [1.82, 2.24) is 28.0 Å². The summed E-state index contributed by atoms with van der Waals surface area (Å²) in [4.78, 5) is 33.9. The summed E-state index contributed by atoms with van der Waals surface area (Å²) in [5, 5.41) is 0. The highest BCUT2D eigenvalue weighted by atomic mass is 16.2. The Bertz CT molecular complexity index is 1470. The summed E-state index contributed by atoms with van der Waals surface area (Å²) in [5.74, 6) is 0.658. The fraction of sp³-hybridized carbons (Fsp3) is 0.480. The topological polar surface area (TPSA) is 69.5 Å². The van der Waals surface area contributed by atoms with Gasteiger partial charge in [-0.25, -0.2) is 4.79 Å². The maximum atomic E-state index is 13.6. The van der Waals surface area contributed by atoms with Crippen LogP contribution in [0.3, 0.4) is 0 Å². The van der Waals surface area contributed by atoms with Gasteiger partial charge in [-0.3, -0.25) is 22.9 Å². The Morgan fingerprint density at radius 2 is 1.55 bits per heavy atom. The molecule has 8 nitrogen and oxygen atoms in total. The molecule has 0 aliphatic carbocycles. The number of imidazole rings is 2. The first kappa shape index (κ1) is 21.7. The fourth-order valence-electron chi connectivity index (χ4n) is 5.26. The molecule has 0 N–H and O–H groups in total. The molecule has 0 atom stereocenters. The van der Waals surface area contributed by atoms with Crippen LogP contribution < -0.4 is 11.2 Å². The van der Waals surface area contributed by atoms with E-state index < -0.39 is 0 Å². The molecule has 0 amide bonds. The van der Waals surface area contributed by atoms with Gasteiger partial charge in [0.05, 0.1) is 0 Å². The van der Waals surface area contributed by atoms with Crippen LogP contribution in [-0.2, 0) is 13.6 Å². The first-order valence-corrected chi connectivity index (χ1v) is 11.8. The number of likely N-dealkylation sites (tertiary alicyclic amines) is 1. The van der Waals surface area contributed by atoms with Crippen molar-refractivity contribution >= 4 is 16.9 Å². The molecule has 0 unspecified atom stereocenters. The molecule has 0 bridgehead atoms. The molecule has 1 saturated heterocycles. The van der Waals surface area contributed by atoms with E-state index in [9.17, 15) is 9.59 Å². The van der Waals surface area contributed by atoms with Crippen molar-refractivity contribution < 1.29 is 0 Å². The van der Waals surface area contributed by atoms with E-state index in [0.717, 1.165) is 41.3 Å². The standard InChI is InChI=1S/C25H32N6O2/c1-16-13-17(2)15-20(14-16)30-18(3)19(4)31-21-22(26-24(30)31)27(5)25(33)29(23(21)32)12-11-28-9-7-6-8-10-28/h13-15H,6-12H2,1-5H3. The van der Waals surface area contributed by atoms with E-state index in [1.807, 2.05) is 18.2 Å². The Morgan fingerprint density at radius 1 is 0.879 bits per heavy atom. The van der Waals surface area contributed by atoms with Crippen LogP contribution in [0, 0.1) is 27.7 Å². The van der Waals surface area contributed by atoms with Gasteiger partial charge in [0.2, 0.25) is 5.78 Å². The molecular weight excluding hydrogens is 416 g/mol. The van der Waals surface area contributed by atoms with E-state index >= 15 is 0 Å². The molecule has 1 aliphatic heterocycles. The summed E-state index contributed by atoms with van der Waals surface area (Å²) in [7, 11) is 1.71. The van der Waals surface area contributed by atoms with Crippen molar-refractivity contribution in [2.45, 2.75) is 53.5 Å². The lowest BCUT2D eigenvalue weighted by molar-refractivity contribution is 0.218. The number of aryl methyl sites for hydroxylation is 4. The molecule has 1 aromatic carbocycles. The maximum Gasteiger partial charge on any atom is 0.332 e. The van der Waals surface area contributed by atoms with Gasteiger partial charge >= 0.3 is 5.69 Å². The summed E-state index contributed by atoms with van der Waals surface area (Å²) < 4.78 is 6.90. The number of rotatable bonds is 4. The van der Waals surface area contributed by atoms with Gasteiger partial charge in [0.15, 0.2) is 11.2 Å². The summed E-state index contributed by atoms with van der Waals surface area (Å²) >= 11 is 0. The second kappa shape index (κ2) is 8.02. The second-order valence-corrected chi connectivity index (χ2v) is 9.47. The van der Waals surface area contributed by atoms with E-state index in [2.05, 4.69) is 41.5 Å². The Labute approximate surface area is 192 Å². The van der Waals surface area contributed by atoms with E-state index in [1.54, 1.807) is 7.05 Å². The minimum atomic E-state index is -0.308. The quantitative estimate of drug-likeness (QED) is 0.481. The van der Waals surface area contributed by atoms with Crippen molar-refractivity contribution in [3.63, 3.8) is 0 Å². The van der Waals surface area contributed by atoms with Crippen LogP contribution in [0.1, 0.15) is 41.8 Å². The number of hydrogen-bond acceptors (Lipinski definition) is 4. The maximum absolute atomic E-state index is 13.6. The van der Waals surface area contributed by atoms with Gasteiger partial charge in [0.25, 0.3) is 5.56 Å². The number of piperidine rings is 1. The number of benzene rings is 1. The van der Waals surface area contributed by atoms with Crippen molar-refractivity contribution in [2.75, 3.05) is 19.6 Å². The van der Waals surface area contributed by atoms with E-state index in [0.29, 0.717) is 30.0 Å². The highest BCUT2D eigenvalue weighted by Crippen LogP contribution is 2.25. The van der Waals surface area contributed by atoms with Gasteiger partial charge in [-0.15, -0.1) is 0 Å². The molecule has 5 rings (SSSR count). The van der Waals surface area contributed by atoms with Gasteiger partial charge in [0, 0.05) is 37.2 Å². The van der Waals surface area contributed by atoms with Crippen LogP contribution in [0.25, 0.3) is 22.6 Å². The number of nitrogens with zero attached hydrogens (tertiary/aromatic N) is 6. The monoisotopic (exact) mass is 448 g/mol. The van der Waals surface area contributed by atoms with E-state index in [4.69, 9.17) is 4.98 Å². The lowest BCUT2D eigenvalue weighted by Crippen LogP contribution is -2.43. The molecule has 8 heteroatoms. The van der Waals surface area contributed by atoms with Crippen molar-refractivity contribution in [3.05, 3.63) is 61.6 Å². The van der Waals surface area contributed by atoms with E-state index in [1.165, 1.54) is 28.4 Å². The SMILES string of the molecule is Cc1cc(C)cc(-n2c(C)c(C)n3c4c(=O)n(CCN5CCCCC5)c(=O)n(C)c4nc23)c1. The number of fused-ring (bicyclic) bond motifs is 3. The van der Waals surface area contributed by atoms with Crippen molar-refractivity contribution in [3.8, 4) is 5.69 Å². The molecule has 174 valence electrons. The molecule has 33 heavy (non-hydrogen) atoms. The zero-order chi connectivity index (χ0) is 23.4. The third-order valence-corrected chi connectivity index (χ3v) is 7.07. The van der Waals surface area contributed by atoms with Crippen molar-refractivity contribution in [1.29, 1.82) is 0 Å². The van der Waals surface area contributed by atoms with Gasteiger partial charge < -0.3 is 4.90 Å². The highest BCUT2D eigenvalue weighted by molar-refractivity contribution is 5.77. The predicted molar refractivity (Wildman–Crippen MR) is 131 cm³/mol. The Morgan fingerprint density at radius 3 is 2.21 bits per heavy atom. The van der Waals surface area contributed by atoms with Gasteiger partial charge in [-0.05, 0) is 76.9 Å². The zero-order valence-corrected chi connectivity index (χ0v) is 20.2. The van der Waals surface area contributed by atoms with Gasteiger partial charge in [-0.2, -0.15) is 4.98 Å². The molecule has 3 aromatic heterocycles. The first-order chi connectivity index (χ1) is 15.8. The summed E-state index contributed by atoms with van der Waals surface area (Å²) in [6, 6.07) is 6.38. The van der Waals surface area contributed by atoms with Crippen LogP contribution >= 0.6 is 0 Å². The summed E-state index contributed by atoms with van der Waals surface area (Å²) in [6.45, 7) is 11.4. The lowest BCUT2D eigenvalue weighted by Gasteiger charge is -2.26. The first-order valence-electron chi connectivity index (χ1n) is 11.8. The smallest absolute Gasteiger partial charge is 0.302 e. The molecule has 0 spiro atoms. The van der Waals surface area contributed by atoms with Crippen LogP contribution in [0.5, 0.6) is 0 Å². The lowest BCUT2D eigenvalue weighted by atomic mass is 10.1. The normalized spacial score (nSPS) is 15.2. The molecule has 0 saturated carbocycles. The average molecular weight is 449 g/mol. The minimum absolute atomic E-state index is 0.265.